The number of ether oxygens (including phenoxy) is 1. The summed E-state index contributed by atoms with van der Waals surface area (Å²) < 4.78 is 5.15. The minimum Gasteiger partial charge on any atom is -0.497 e. The number of methoxy groups -OCH3 is 1. The molecule has 0 aliphatic rings. The molecule has 112 valence electrons. The standard InChI is InChI=1S/C18H24N2O/c1-4-15-7-5-6-14(2)18(15)20-13-12-19-16-8-10-17(21-3)11-9-16/h5-11,19-20H,4,12-13H2,1-3H3. The molecule has 21 heavy (non-hydrogen) atoms. The number of nitrogens with one attached hydrogen (secondary N) is 2. The highest BCUT2D eigenvalue weighted by atomic mass is 16.5. The van der Waals surface area contributed by atoms with Crippen molar-refractivity contribution in [2.45, 2.75) is 20.3 Å². The molecule has 0 aliphatic heterocycles. The quantitative estimate of drug-likeness (QED) is 0.751. The van der Waals surface area contributed by atoms with E-state index in [4.69, 9.17) is 4.74 Å². The summed E-state index contributed by atoms with van der Waals surface area (Å²) in [4.78, 5) is 0. The number of para-hydroxylation sites is 1. The third kappa shape index (κ3) is 4.15. The number of benzene rings is 2. The highest BCUT2D eigenvalue weighted by molar-refractivity contribution is 5.57. The highest BCUT2D eigenvalue weighted by Crippen LogP contribution is 2.20. The van der Waals surface area contributed by atoms with E-state index in [0.29, 0.717) is 0 Å². The topological polar surface area (TPSA) is 33.3 Å². The molecule has 0 saturated carbocycles. The second kappa shape index (κ2) is 7.58. The lowest BCUT2D eigenvalue weighted by Gasteiger charge is -2.14. The third-order valence-electron chi connectivity index (χ3n) is 3.59. The summed E-state index contributed by atoms with van der Waals surface area (Å²) in [6, 6.07) is 14.5. The molecule has 0 unspecified atom stereocenters. The highest BCUT2D eigenvalue weighted by Gasteiger charge is 2.02. The van der Waals surface area contributed by atoms with Crippen LogP contribution in [0.15, 0.2) is 42.5 Å². The molecule has 3 heteroatoms. The molecule has 2 N–H and O–H groups in total. The fraction of sp³-hybridized carbons (Fsp3) is 0.333. The van der Waals surface area contributed by atoms with Gasteiger partial charge in [0.1, 0.15) is 5.75 Å². The zero-order valence-corrected chi connectivity index (χ0v) is 13.1. The van der Waals surface area contributed by atoms with Crippen LogP contribution in [0.5, 0.6) is 5.75 Å². The summed E-state index contributed by atoms with van der Waals surface area (Å²) in [5.41, 5.74) is 5.06. The van der Waals surface area contributed by atoms with Crippen molar-refractivity contribution in [1.82, 2.24) is 0 Å². The average molecular weight is 284 g/mol. The molecule has 0 fully saturated rings. The first-order chi connectivity index (χ1) is 10.2. The van der Waals surface area contributed by atoms with Gasteiger partial charge in [-0.3, -0.25) is 0 Å². The summed E-state index contributed by atoms with van der Waals surface area (Å²) >= 11 is 0. The van der Waals surface area contributed by atoms with E-state index in [-0.39, 0.29) is 0 Å². The van der Waals surface area contributed by atoms with Crippen LogP contribution >= 0.6 is 0 Å². The molecule has 2 aromatic rings. The van der Waals surface area contributed by atoms with E-state index in [9.17, 15) is 0 Å². The Labute approximate surface area is 127 Å². The van der Waals surface area contributed by atoms with Gasteiger partial charge >= 0.3 is 0 Å². The van der Waals surface area contributed by atoms with E-state index in [0.717, 1.165) is 30.9 Å². The Morgan fingerprint density at radius 2 is 1.67 bits per heavy atom. The van der Waals surface area contributed by atoms with Gasteiger partial charge in [0.25, 0.3) is 0 Å². The number of anilines is 2. The lowest BCUT2D eigenvalue weighted by atomic mass is 10.1. The van der Waals surface area contributed by atoms with Crippen LogP contribution in [0.1, 0.15) is 18.1 Å². The van der Waals surface area contributed by atoms with Gasteiger partial charge in [0, 0.05) is 24.5 Å². The minimum absolute atomic E-state index is 0.879. The van der Waals surface area contributed by atoms with Crippen LogP contribution in [-0.2, 0) is 6.42 Å². The first-order valence-corrected chi connectivity index (χ1v) is 7.45. The Kier molecular flexibility index (Phi) is 5.50. The molecule has 0 saturated heterocycles. The van der Waals surface area contributed by atoms with Crippen molar-refractivity contribution in [3.05, 3.63) is 53.6 Å². The van der Waals surface area contributed by atoms with Crippen LogP contribution in [0.4, 0.5) is 11.4 Å². The molecule has 0 aromatic heterocycles. The number of hydrogen-bond donors (Lipinski definition) is 2. The maximum absolute atomic E-state index is 5.15. The van der Waals surface area contributed by atoms with Gasteiger partial charge in [-0.1, -0.05) is 25.1 Å². The second-order valence-corrected chi connectivity index (χ2v) is 5.04. The van der Waals surface area contributed by atoms with Crippen LogP contribution in [0.3, 0.4) is 0 Å². The SMILES string of the molecule is CCc1cccc(C)c1NCCNc1ccc(OC)cc1. The zero-order valence-electron chi connectivity index (χ0n) is 13.1. The van der Waals surface area contributed by atoms with Crippen LogP contribution in [0, 0.1) is 6.92 Å². The van der Waals surface area contributed by atoms with Gasteiger partial charge in [-0.2, -0.15) is 0 Å². The maximum Gasteiger partial charge on any atom is 0.119 e. The Morgan fingerprint density at radius 3 is 2.33 bits per heavy atom. The van der Waals surface area contributed by atoms with Gasteiger partial charge in [-0.25, -0.2) is 0 Å². The fourth-order valence-electron chi connectivity index (χ4n) is 2.38. The van der Waals surface area contributed by atoms with Crippen molar-refractivity contribution >= 4 is 11.4 Å². The summed E-state index contributed by atoms with van der Waals surface area (Å²) in [5.74, 6) is 0.881. The summed E-state index contributed by atoms with van der Waals surface area (Å²) in [5, 5.41) is 6.94. The van der Waals surface area contributed by atoms with Gasteiger partial charge < -0.3 is 15.4 Å². The van der Waals surface area contributed by atoms with Crippen molar-refractivity contribution in [3.63, 3.8) is 0 Å². The normalized spacial score (nSPS) is 10.2. The van der Waals surface area contributed by atoms with Gasteiger partial charge in [0.2, 0.25) is 0 Å². The van der Waals surface area contributed by atoms with Crippen molar-refractivity contribution in [1.29, 1.82) is 0 Å². The molecular formula is C18H24N2O. The van der Waals surface area contributed by atoms with Crippen molar-refractivity contribution in [3.8, 4) is 5.75 Å². The first kappa shape index (κ1) is 15.2. The Hall–Kier alpha value is -2.16. The van der Waals surface area contributed by atoms with Crippen LogP contribution in [0.25, 0.3) is 0 Å². The van der Waals surface area contributed by atoms with Crippen molar-refractivity contribution < 1.29 is 4.74 Å². The predicted octanol–water partition coefficient (Wildman–Crippen LogP) is 4.09. The van der Waals surface area contributed by atoms with E-state index in [1.54, 1.807) is 7.11 Å². The summed E-state index contributed by atoms with van der Waals surface area (Å²) in [6.07, 6.45) is 1.05. The molecule has 0 radical (unpaired) electrons. The van der Waals surface area contributed by atoms with Crippen LogP contribution in [-0.4, -0.2) is 20.2 Å². The Balaban J connectivity index is 1.84. The van der Waals surface area contributed by atoms with E-state index in [1.165, 1.54) is 16.8 Å². The minimum atomic E-state index is 0.879. The molecule has 0 amide bonds. The third-order valence-corrected chi connectivity index (χ3v) is 3.59. The lowest BCUT2D eigenvalue weighted by molar-refractivity contribution is 0.415. The largest absolute Gasteiger partial charge is 0.497 e. The zero-order chi connectivity index (χ0) is 15.1. The molecule has 0 aliphatic carbocycles. The predicted molar refractivity (Wildman–Crippen MR) is 90.5 cm³/mol. The maximum atomic E-state index is 5.15. The van der Waals surface area contributed by atoms with E-state index in [2.05, 4.69) is 42.7 Å². The van der Waals surface area contributed by atoms with Gasteiger partial charge in [-0.05, 0) is 48.7 Å². The van der Waals surface area contributed by atoms with Gasteiger partial charge in [0.15, 0.2) is 0 Å². The molecule has 2 rings (SSSR count). The fourth-order valence-corrected chi connectivity index (χ4v) is 2.38. The molecule has 0 atom stereocenters. The van der Waals surface area contributed by atoms with E-state index < -0.39 is 0 Å². The van der Waals surface area contributed by atoms with Crippen molar-refractivity contribution in [2.75, 3.05) is 30.8 Å². The van der Waals surface area contributed by atoms with Crippen LogP contribution in [0.2, 0.25) is 0 Å². The molecule has 3 nitrogen and oxygen atoms in total. The second-order valence-electron chi connectivity index (χ2n) is 5.04. The van der Waals surface area contributed by atoms with Gasteiger partial charge in [0.05, 0.1) is 7.11 Å². The number of aryl methyl sites for hydroxylation is 2. The van der Waals surface area contributed by atoms with E-state index in [1.807, 2.05) is 24.3 Å². The summed E-state index contributed by atoms with van der Waals surface area (Å²) in [6.45, 7) is 6.11. The van der Waals surface area contributed by atoms with Crippen LogP contribution < -0.4 is 15.4 Å². The lowest BCUT2D eigenvalue weighted by Crippen LogP contribution is -2.15. The van der Waals surface area contributed by atoms with Crippen molar-refractivity contribution in [2.24, 2.45) is 0 Å². The Morgan fingerprint density at radius 1 is 0.952 bits per heavy atom. The van der Waals surface area contributed by atoms with Gasteiger partial charge in [-0.15, -0.1) is 0 Å². The average Bonchev–Trinajstić information content (AvgIpc) is 2.53. The van der Waals surface area contributed by atoms with E-state index >= 15 is 0 Å². The Bertz CT molecular complexity index is 564. The molecule has 0 spiro atoms. The first-order valence-electron chi connectivity index (χ1n) is 7.45. The number of hydrogen-bond acceptors (Lipinski definition) is 3. The molecule has 0 bridgehead atoms. The smallest absolute Gasteiger partial charge is 0.119 e. The monoisotopic (exact) mass is 284 g/mol. The molecule has 2 aromatic carbocycles. The molecule has 0 heterocycles. The molecular weight excluding hydrogens is 260 g/mol. The number of rotatable bonds is 7. The summed E-state index contributed by atoms with van der Waals surface area (Å²) in [7, 11) is 1.68.